The molecule has 0 atom stereocenters. The molecule has 0 aliphatic heterocycles. The Bertz CT molecular complexity index is 706. The van der Waals surface area contributed by atoms with Gasteiger partial charge in [-0.15, -0.1) is 0 Å². The molecule has 1 amide bonds. The quantitative estimate of drug-likeness (QED) is 0.785. The highest BCUT2D eigenvalue weighted by Crippen LogP contribution is 2.11. The number of hydrogen-bond donors (Lipinski definition) is 0. The summed E-state index contributed by atoms with van der Waals surface area (Å²) in [5.41, 5.74) is 1.64. The fraction of sp³-hybridized carbons (Fsp3) is 0.263. The largest absolute Gasteiger partial charge is 0.492 e. The van der Waals surface area contributed by atoms with Crippen molar-refractivity contribution in [2.24, 2.45) is 0 Å². The summed E-state index contributed by atoms with van der Waals surface area (Å²) in [4.78, 5) is 13.7. The van der Waals surface area contributed by atoms with Gasteiger partial charge in [0.1, 0.15) is 18.2 Å². The number of aryl methyl sites for hydroxylation is 1. The third-order valence-corrected chi connectivity index (χ3v) is 3.65. The van der Waals surface area contributed by atoms with Gasteiger partial charge in [0.15, 0.2) is 0 Å². The molecule has 4 nitrogen and oxygen atoms in total. The molecular weight excluding hydrogens is 307 g/mol. The number of nitriles is 1. The third-order valence-electron chi connectivity index (χ3n) is 3.65. The van der Waals surface area contributed by atoms with Crippen molar-refractivity contribution in [1.82, 2.24) is 4.90 Å². The van der Waals surface area contributed by atoms with Gasteiger partial charge in [-0.2, -0.15) is 5.26 Å². The van der Waals surface area contributed by atoms with E-state index in [1.54, 1.807) is 36.2 Å². The second-order valence-electron chi connectivity index (χ2n) is 5.43. The average molecular weight is 326 g/mol. The van der Waals surface area contributed by atoms with Gasteiger partial charge in [-0.3, -0.25) is 4.79 Å². The van der Waals surface area contributed by atoms with E-state index in [1.165, 1.54) is 12.1 Å². The molecule has 0 heterocycles. The van der Waals surface area contributed by atoms with Crippen LogP contribution in [-0.4, -0.2) is 31.0 Å². The van der Waals surface area contributed by atoms with Crippen molar-refractivity contribution in [3.8, 4) is 11.8 Å². The van der Waals surface area contributed by atoms with Crippen LogP contribution in [0.2, 0.25) is 0 Å². The summed E-state index contributed by atoms with van der Waals surface area (Å²) in [6, 6.07) is 15.1. The van der Waals surface area contributed by atoms with Crippen molar-refractivity contribution in [3.63, 3.8) is 0 Å². The maximum atomic E-state index is 12.8. The van der Waals surface area contributed by atoms with E-state index >= 15 is 0 Å². The standard InChI is InChI=1S/C19H19FN2O2/c1-22(12-13-24-18-9-7-17(20)8-10-18)19(23)11-6-15-2-4-16(14-21)5-3-15/h2-5,7-10H,6,11-13H2,1H3. The summed E-state index contributed by atoms with van der Waals surface area (Å²) in [6.45, 7) is 0.814. The molecule has 0 saturated carbocycles. The number of benzene rings is 2. The predicted molar refractivity (Wildman–Crippen MR) is 89.0 cm³/mol. The molecule has 0 radical (unpaired) electrons. The van der Waals surface area contributed by atoms with E-state index in [0.717, 1.165) is 5.56 Å². The van der Waals surface area contributed by atoms with Crippen molar-refractivity contribution in [2.75, 3.05) is 20.2 Å². The van der Waals surface area contributed by atoms with Crippen LogP contribution in [0, 0.1) is 17.1 Å². The van der Waals surface area contributed by atoms with Crippen LogP contribution in [0.5, 0.6) is 5.75 Å². The van der Waals surface area contributed by atoms with Crippen LogP contribution in [-0.2, 0) is 11.2 Å². The summed E-state index contributed by atoms with van der Waals surface area (Å²) in [5.74, 6) is 0.300. The maximum absolute atomic E-state index is 12.8. The summed E-state index contributed by atoms with van der Waals surface area (Å²) in [7, 11) is 1.73. The van der Waals surface area contributed by atoms with Gasteiger partial charge in [0.25, 0.3) is 0 Å². The van der Waals surface area contributed by atoms with Crippen LogP contribution in [0.4, 0.5) is 4.39 Å². The van der Waals surface area contributed by atoms with E-state index in [2.05, 4.69) is 6.07 Å². The SMILES string of the molecule is CN(CCOc1ccc(F)cc1)C(=O)CCc1ccc(C#N)cc1. The molecule has 2 rings (SSSR count). The van der Waals surface area contributed by atoms with Gasteiger partial charge in [0.2, 0.25) is 5.91 Å². The molecule has 0 aromatic heterocycles. The van der Waals surface area contributed by atoms with Gasteiger partial charge < -0.3 is 9.64 Å². The molecule has 5 heteroatoms. The normalized spacial score (nSPS) is 10.0. The predicted octanol–water partition coefficient (Wildman–Crippen LogP) is 3.17. The monoisotopic (exact) mass is 326 g/mol. The summed E-state index contributed by atoms with van der Waals surface area (Å²) >= 11 is 0. The van der Waals surface area contributed by atoms with E-state index < -0.39 is 0 Å². The number of carbonyl (C=O) groups is 1. The van der Waals surface area contributed by atoms with Crippen molar-refractivity contribution < 1.29 is 13.9 Å². The van der Waals surface area contributed by atoms with Gasteiger partial charge >= 0.3 is 0 Å². The van der Waals surface area contributed by atoms with Crippen molar-refractivity contribution in [1.29, 1.82) is 5.26 Å². The highest BCUT2D eigenvalue weighted by molar-refractivity contribution is 5.76. The number of hydrogen-bond acceptors (Lipinski definition) is 3. The van der Waals surface area contributed by atoms with Gasteiger partial charge in [0.05, 0.1) is 18.2 Å². The fourth-order valence-corrected chi connectivity index (χ4v) is 2.14. The van der Waals surface area contributed by atoms with Crippen LogP contribution < -0.4 is 4.74 Å². The van der Waals surface area contributed by atoms with E-state index in [0.29, 0.717) is 37.3 Å². The molecule has 0 spiro atoms. The number of carbonyl (C=O) groups excluding carboxylic acids is 1. The molecule has 0 aliphatic rings. The Kier molecular flexibility index (Phi) is 6.32. The molecule has 24 heavy (non-hydrogen) atoms. The average Bonchev–Trinajstić information content (AvgIpc) is 2.61. The van der Waals surface area contributed by atoms with Crippen LogP contribution in [0.15, 0.2) is 48.5 Å². The minimum absolute atomic E-state index is 0.0297. The fourth-order valence-electron chi connectivity index (χ4n) is 2.14. The summed E-state index contributed by atoms with van der Waals surface area (Å²) in [6.07, 6.45) is 1.03. The Labute approximate surface area is 141 Å². The molecule has 2 aromatic carbocycles. The van der Waals surface area contributed by atoms with Crippen LogP contribution in [0.3, 0.4) is 0 Å². The van der Waals surface area contributed by atoms with Crippen LogP contribution in [0.1, 0.15) is 17.5 Å². The lowest BCUT2D eigenvalue weighted by Gasteiger charge is -2.17. The van der Waals surface area contributed by atoms with Gasteiger partial charge in [-0.1, -0.05) is 12.1 Å². The van der Waals surface area contributed by atoms with E-state index in [4.69, 9.17) is 10.00 Å². The van der Waals surface area contributed by atoms with Gasteiger partial charge in [-0.25, -0.2) is 4.39 Å². The lowest BCUT2D eigenvalue weighted by molar-refractivity contribution is -0.130. The topological polar surface area (TPSA) is 53.3 Å². The second-order valence-corrected chi connectivity index (χ2v) is 5.43. The lowest BCUT2D eigenvalue weighted by Crippen LogP contribution is -2.31. The van der Waals surface area contributed by atoms with Crippen LogP contribution >= 0.6 is 0 Å². The summed E-state index contributed by atoms with van der Waals surface area (Å²) < 4.78 is 18.3. The first-order valence-corrected chi connectivity index (χ1v) is 7.70. The Hall–Kier alpha value is -2.87. The Morgan fingerprint density at radius 1 is 1.17 bits per heavy atom. The third kappa shape index (κ3) is 5.40. The highest BCUT2D eigenvalue weighted by atomic mass is 19.1. The molecule has 0 aliphatic carbocycles. The molecule has 0 fully saturated rings. The highest BCUT2D eigenvalue weighted by Gasteiger charge is 2.09. The number of amides is 1. The molecular formula is C19H19FN2O2. The Morgan fingerprint density at radius 2 is 1.83 bits per heavy atom. The Morgan fingerprint density at radius 3 is 2.46 bits per heavy atom. The minimum atomic E-state index is -0.308. The van der Waals surface area contributed by atoms with E-state index in [-0.39, 0.29) is 11.7 Å². The van der Waals surface area contributed by atoms with E-state index in [1.807, 2.05) is 12.1 Å². The zero-order chi connectivity index (χ0) is 17.4. The smallest absolute Gasteiger partial charge is 0.222 e. The molecule has 0 saturated heterocycles. The molecule has 2 aromatic rings. The van der Waals surface area contributed by atoms with E-state index in [9.17, 15) is 9.18 Å². The number of nitrogens with zero attached hydrogens (tertiary/aromatic N) is 2. The first-order valence-electron chi connectivity index (χ1n) is 7.70. The summed E-state index contributed by atoms with van der Waals surface area (Å²) in [5, 5.41) is 8.76. The number of rotatable bonds is 7. The molecule has 124 valence electrons. The number of halogens is 1. The van der Waals surface area contributed by atoms with Crippen LogP contribution in [0.25, 0.3) is 0 Å². The number of ether oxygens (including phenoxy) is 1. The zero-order valence-electron chi connectivity index (χ0n) is 13.5. The molecule has 0 N–H and O–H groups in total. The van der Waals surface area contributed by atoms with Crippen molar-refractivity contribution in [2.45, 2.75) is 12.8 Å². The second kappa shape index (κ2) is 8.68. The first kappa shape index (κ1) is 17.5. The molecule has 0 unspecified atom stereocenters. The minimum Gasteiger partial charge on any atom is -0.492 e. The lowest BCUT2D eigenvalue weighted by atomic mass is 10.1. The van der Waals surface area contributed by atoms with Gasteiger partial charge in [0, 0.05) is 13.5 Å². The van der Waals surface area contributed by atoms with Crippen molar-refractivity contribution >= 4 is 5.91 Å². The maximum Gasteiger partial charge on any atom is 0.222 e. The first-order chi connectivity index (χ1) is 11.6. The van der Waals surface area contributed by atoms with Gasteiger partial charge in [-0.05, 0) is 48.4 Å². The molecule has 0 bridgehead atoms. The zero-order valence-corrected chi connectivity index (χ0v) is 13.5. The van der Waals surface area contributed by atoms with Crippen molar-refractivity contribution in [3.05, 3.63) is 65.5 Å². The number of likely N-dealkylation sites (N-methyl/N-ethyl adjacent to an activating group) is 1. The Balaban J connectivity index is 1.71.